The highest BCUT2D eigenvalue weighted by atomic mass is 19.1. The summed E-state index contributed by atoms with van der Waals surface area (Å²) in [6.07, 6.45) is 2.00. The topological polar surface area (TPSA) is 20.2 Å². The Balaban J connectivity index is 2.89. The molecule has 1 nitrogen and oxygen atoms in total. The molecule has 2 heteroatoms. The lowest BCUT2D eigenvalue weighted by atomic mass is 9.81. The van der Waals surface area contributed by atoms with Gasteiger partial charge < -0.3 is 5.11 Å². The van der Waals surface area contributed by atoms with Gasteiger partial charge in [-0.3, -0.25) is 0 Å². The van der Waals surface area contributed by atoms with Gasteiger partial charge in [0, 0.05) is 0 Å². The van der Waals surface area contributed by atoms with Gasteiger partial charge in [0.1, 0.15) is 5.82 Å². The van der Waals surface area contributed by atoms with Gasteiger partial charge in [0.05, 0.1) is 5.60 Å². The Bertz CT molecular complexity index is 303. The lowest BCUT2D eigenvalue weighted by molar-refractivity contribution is -0.00224. The Morgan fingerprint density at radius 1 is 1.33 bits per heavy atom. The highest BCUT2D eigenvalue weighted by molar-refractivity contribution is 5.22. The summed E-state index contributed by atoms with van der Waals surface area (Å²) in [5.74, 6) is -0.0920. The molecule has 0 saturated heterocycles. The molecule has 0 fully saturated rings. The van der Waals surface area contributed by atoms with Crippen molar-refractivity contribution in [1.29, 1.82) is 0 Å². The normalized spacial score (nSPS) is 17.1. The molecular formula is C13H19FO. The van der Waals surface area contributed by atoms with E-state index in [0.29, 0.717) is 0 Å². The Morgan fingerprint density at radius 2 is 1.87 bits per heavy atom. The molecule has 0 aliphatic carbocycles. The summed E-state index contributed by atoms with van der Waals surface area (Å²) in [4.78, 5) is 0. The van der Waals surface area contributed by atoms with Crippen LogP contribution in [0.4, 0.5) is 4.39 Å². The number of benzene rings is 1. The molecule has 1 N–H and O–H groups in total. The predicted molar refractivity (Wildman–Crippen MR) is 60.0 cm³/mol. The molecule has 0 radical (unpaired) electrons. The standard InChI is InChI=1S/C13H19FO/c1-4-5-10(2)13(3,15)11-6-8-12(14)9-7-11/h6-10,15H,4-5H2,1-3H3. The van der Waals surface area contributed by atoms with E-state index in [0.717, 1.165) is 18.4 Å². The molecule has 1 rings (SSSR count). The highest BCUT2D eigenvalue weighted by Gasteiger charge is 2.29. The highest BCUT2D eigenvalue weighted by Crippen LogP contribution is 2.31. The van der Waals surface area contributed by atoms with Crippen molar-refractivity contribution in [3.8, 4) is 0 Å². The van der Waals surface area contributed by atoms with Crippen molar-refractivity contribution < 1.29 is 9.50 Å². The summed E-state index contributed by atoms with van der Waals surface area (Å²) in [6.45, 7) is 5.91. The van der Waals surface area contributed by atoms with Crippen LogP contribution in [0.2, 0.25) is 0 Å². The summed E-state index contributed by atoms with van der Waals surface area (Å²) in [6, 6.07) is 6.09. The third-order valence-corrected chi connectivity index (χ3v) is 3.11. The number of aliphatic hydroxyl groups is 1. The third-order valence-electron chi connectivity index (χ3n) is 3.11. The zero-order valence-corrected chi connectivity index (χ0v) is 9.63. The van der Waals surface area contributed by atoms with Crippen LogP contribution in [0.5, 0.6) is 0 Å². The Labute approximate surface area is 90.9 Å². The molecule has 0 saturated carbocycles. The summed E-state index contributed by atoms with van der Waals surface area (Å²) in [5.41, 5.74) is -0.0891. The average molecular weight is 210 g/mol. The molecule has 1 aromatic rings. The first-order valence-electron chi connectivity index (χ1n) is 5.47. The molecular weight excluding hydrogens is 191 g/mol. The zero-order valence-electron chi connectivity index (χ0n) is 9.63. The maximum Gasteiger partial charge on any atom is 0.123 e. The van der Waals surface area contributed by atoms with Crippen molar-refractivity contribution in [2.75, 3.05) is 0 Å². The molecule has 15 heavy (non-hydrogen) atoms. The van der Waals surface area contributed by atoms with Gasteiger partial charge in [-0.1, -0.05) is 32.4 Å². The summed E-state index contributed by atoms with van der Waals surface area (Å²) < 4.78 is 12.7. The van der Waals surface area contributed by atoms with Crippen LogP contribution in [0.3, 0.4) is 0 Å². The van der Waals surface area contributed by atoms with Crippen molar-refractivity contribution in [2.24, 2.45) is 5.92 Å². The molecule has 84 valence electrons. The van der Waals surface area contributed by atoms with E-state index in [1.807, 2.05) is 6.92 Å². The minimum atomic E-state index is -0.871. The fourth-order valence-electron chi connectivity index (χ4n) is 1.79. The first-order valence-corrected chi connectivity index (χ1v) is 5.47. The van der Waals surface area contributed by atoms with Gasteiger partial charge in [-0.2, -0.15) is 0 Å². The van der Waals surface area contributed by atoms with Gasteiger partial charge >= 0.3 is 0 Å². The van der Waals surface area contributed by atoms with E-state index in [1.54, 1.807) is 19.1 Å². The molecule has 0 aromatic heterocycles. The SMILES string of the molecule is CCCC(C)C(C)(O)c1ccc(F)cc1. The van der Waals surface area contributed by atoms with Gasteiger partial charge in [0.15, 0.2) is 0 Å². The number of hydrogen-bond donors (Lipinski definition) is 1. The van der Waals surface area contributed by atoms with Crippen LogP contribution in [0.15, 0.2) is 24.3 Å². The quantitative estimate of drug-likeness (QED) is 0.806. The zero-order chi connectivity index (χ0) is 11.5. The lowest BCUT2D eigenvalue weighted by Gasteiger charge is -2.30. The first kappa shape index (κ1) is 12.2. The Morgan fingerprint density at radius 3 is 2.33 bits per heavy atom. The number of halogens is 1. The largest absolute Gasteiger partial charge is 0.385 e. The van der Waals surface area contributed by atoms with Gasteiger partial charge in [-0.15, -0.1) is 0 Å². The minimum absolute atomic E-state index is 0.174. The fourth-order valence-corrected chi connectivity index (χ4v) is 1.79. The second kappa shape index (κ2) is 4.75. The van der Waals surface area contributed by atoms with Crippen LogP contribution < -0.4 is 0 Å². The monoisotopic (exact) mass is 210 g/mol. The molecule has 0 aliphatic heterocycles. The molecule has 0 amide bonds. The van der Waals surface area contributed by atoms with E-state index >= 15 is 0 Å². The third kappa shape index (κ3) is 2.78. The van der Waals surface area contributed by atoms with Gasteiger partial charge in [-0.05, 0) is 37.0 Å². The minimum Gasteiger partial charge on any atom is -0.385 e. The van der Waals surface area contributed by atoms with E-state index in [-0.39, 0.29) is 11.7 Å². The fraction of sp³-hybridized carbons (Fsp3) is 0.538. The van der Waals surface area contributed by atoms with E-state index in [4.69, 9.17) is 0 Å². The number of rotatable bonds is 4. The van der Waals surface area contributed by atoms with Crippen LogP contribution in [-0.4, -0.2) is 5.11 Å². The molecule has 0 aliphatic rings. The number of hydrogen-bond acceptors (Lipinski definition) is 1. The Kier molecular flexibility index (Phi) is 3.86. The molecule has 2 unspecified atom stereocenters. The molecule has 1 aromatic carbocycles. The predicted octanol–water partition coefficient (Wildman–Crippen LogP) is 3.47. The van der Waals surface area contributed by atoms with Crippen LogP contribution in [0.1, 0.15) is 39.2 Å². The van der Waals surface area contributed by atoms with Crippen LogP contribution in [0.25, 0.3) is 0 Å². The average Bonchev–Trinajstić information content (AvgIpc) is 2.18. The summed E-state index contributed by atoms with van der Waals surface area (Å²) in [5, 5.41) is 10.4. The van der Waals surface area contributed by atoms with E-state index < -0.39 is 5.60 Å². The van der Waals surface area contributed by atoms with Crippen LogP contribution in [0, 0.1) is 11.7 Å². The van der Waals surface area contributed by atoms with Crippen molar-refractivity contribution in [3.05, 3.63) is 35.6 Å². The second-order valence-corrected chi connectivity index (χ2v) is 4.34. The first-order chi connectivity index (χ1) is 6.98. The summed E-state index contributed by atoms with van der Waals surface area (Å²) >= 11 is 0. The van der Waals surface area contributed by atoms with E-state index in [2.05, 4.69) is 6.92 Å². The van der Waals surface area contributed by atoms with Crippen LogP contribution >= 0.6 is 0 Å². The molecule has 0 spiro atoms. The van der Waals surface area contributed by atoms with Crippen molar-refractivity contribution >= 4 is 0 Å². The van der Waals surface area contributed by atoms with E-state index in [1.165, 1.54) is 12.1 Å². The van der Waals surface area contributed by atoms with Crippen molar-refractivity contribution in [1.82, 2.24) is 0 Å². The maximum atomic E-state index is 12.7. The smallest absolute Gasteiger partial charge is 0.123 e. The summed E-state index contributed by atoms with van der Waals surface area (Å²) in [7, 11) is 0. The van der Waals surface area contributed by atoms with Gasteiger partial charge in [0.25, 0.3) is 0 Å². The van der Waals surface area contributed by atoms with Crippen LogP contribution in [-0.2, 0) is 5.60 Å². The van der Waals surface area contributed by atoms with Gasteiger partial charge in [-0.25, -0.2) is 4.39 Å². The molecule has 0 heterocycles. The van der Waals surface area contributed by atoms with E-state index in [9.17, 15) is 9.50 Å². The van der Waals surface area contributed by atoms with Gasteiger partial charge in [0.2, 0.25) is 0 Å². The molecule has 0 bridgehead atoms. The lowest BCUT2D eigenvalue weighted by Crippen LogP contribution is -2.29. The maximum absolute atomic E-state index is 12.7. The second-order valence-electron chi connectivity index (χ2n) is 4.34. The Hall–Kier alpha value is -0.890. The molecule has 2 atom stereocenters. The van der Waals surface area contributed by atoms with Crippen molar-refractivity contribution in [2.45, 2.75) is 39.2 Å². The van der Waals surface area contributed by atoms with Crippen molar-refractivity contribution in [3.63, 3.8) is 0 Å².